The third-order valence-electron chi connectivity index (χ3n) is 4.82. The van der Waals surface area contributed by atoms with E-state index in [2.05, 4.69) is 19.1 Å². The first-order chi connectivity index (χ1) is 9.69. The SMILES string of the molecule is CCc1ccc(C(=O)C2CC3CCCC(C2)S3=O)cc1. The Morgan fingerprint density at radius 3 is 2.30 bits per heavy atom. The van der Waals surface area contributed by atoms with Crippen LogP contribution in [0, 0.1) is 5.92 Å². The maximum absolute atomic E-state index is 12.6. The maximum Gasteiger partial charge on any atom is 0.166 e. The largest absolute Gasteiger partial charge is 0.294 e. The molecule has 108 valence electrons. The second kappa shape index (κ2) is 5.80. The summed E-state index contributed by atoms with van der Waals surface area (Å²) in [5, 5.41) is 0.540. The normalized spacial score (nSPS) is 32.9. The van der Waals surface area contributed by atoms with Crippen molar-refractivity contribution in [3.8, 4) is 0 Å². The van der Waals surface area contributed by atoms with E-state index in [-0.39, 0.29) is 22.2 Å². The van der Waals surface area contributed by atoms with E-state index >= 15 is 0 Å². The van der Waals surface area contributed by atoms with Gasteiger partial charge in [-0.1, -0.05) is 37.6 Å². The van der Waals surface area contributed by atoms with Gasteiger partial charge in [-0.25, -0.2) is 0 Å². The summed E-state index contributed by atoms with van der Waals surface area (Å²) >= 11 is 0. The van der Waals surface area contributed by atoms with E-state index in [1.54, 1.807) is 0 Å². The molecule has 2 atom stereocenters. The molecule has 2 saturated heterocycles. The molecule has 1 aromatic carbocycles. The lowest BCUT2D eigenvalue weighted by atomic mass is 9.84. The van der Waals surface area contributed by atoms with Gasteiger partial charge in [0, 0.05) is 32.8 Å². The van der Waals surface area contributed by atoms with Crippen LogP contribution < -0.4 is 0 Å². The van der Waals surface area contributed by atoms with Gasteiger partial charge in [-0.2, -0.15) is 0 Å². The van der Waals surface area contributed by atoms with Crippen LogP contribution in [0.25, 0.3) is 0 Å². The smallest absolute Gasteiger partial charge is 0.166 e. The highest BCUT2D eigenvalue weighted by Gasteiger charge is 2.40. The van der Waals surface area contributed by atoms with Crippen molar-refractivity contribution in [2.45, 2.75) is 55.9 Å². The van der Waals surface area contributed by atoms with Crippen molar-refractivity contribution in [3.05, 3.63) is 35.4 Å². The number of aryl methyl sites for hydroxylation is 1. The van der Waals surface area contributed by atoms with E-state index in [1.807, 2.05) is 12.1 Å². The van der Waals surface area contributed by atoms with Gasteiger partial charge in [-0.15, -0.1) is 0 Å². The summed E-state index contributed by atoms with van der Waals surface area (Å²) in [4.78, 5) is 12.6. The average Bonchev–Trinajstić information content (AvgIpc) is 2.46. The molecule has 2 unspecified atom stereocenters. The van der Waals surface area contributed by atoms with Crippen LogP contribution in [0.3, 0.4) is 0 Å². The van der Waals surface area contributed by atoms with Crippen molar-refractivity contribution in [2.75, 3.05) is 0 Å². The predicted octanol–water partition coefficient (Wildman–Crippen LogP) is 3.51. The van der Waals surface area contributed by atoms with Crippen molar-refractivity contribution < 1.29 is 9.00 Å². The number of ketones is 1. The summed E-state index contributed by atoms with van der Waals surface area (Å²) in [5.74, 6) is 0.358. The Morgan fingerprint density at radius 2 is 1.75 bits per heavy atom. The number of Topliss-reactive ketones (excluding diaryl/α,β-unsaturated/α-hetero) is 1. The number of carbonyl (C=O) groups excluding carboxylic acids is 1. The van der Waals surface area contributed by atoms with Crippen LogP contribution in [0.2, 0.25) is 0 Å². The minimum absolute atomic E-state index is 0.0930. The second-order valence-electron chi connectivity index (χ2n) is 6.09. The molecule has 2 aliphatic heterocycles. The third-order valence-corrected chi connectivity index (χ3v) is 6.99. The lowest BCUT2D eigenvalue weighted by molar-refractivity contribution is 0.0895. The fraction of sp³-hybridized carbons (Fsp3) is 0.588. The molecule has 0 aromatic heterocycles. The fourth-order valence-corrected chi connectivity index (χ4v) is 5.77. The Balaban J connectivity index is 1.75. The van der Waals surface area contributed by atoms with Crippen molar-refractivity contribution in [1.29, 1.82) is 0 Å². The van der Waals surface area contributed by atoms with Crippen LogP contribution in [-0.4, -0.2) is 20.5 Å². The van der Waals surface area contributed by atoms with Crippen LogP contribution in [0.15, 0.2) is 24.3 Å². The number of hydrogen-bond donors (Lipinski definition) is 0. The molecule has 2 aliphatic rings. The summed E-state index contributed by atoms with van der Waals surface area (Å²) in [6.45, 7) is 2.12. The fourth-order valence-electron chi connectivity index (χ4n) is 3.59. The molecule has 3 heteroatoms. The highest BCUT2D eigenvalue weighted by Crippen LogP contribution is 2.38. The summed E-state index contributed by atoms with van der Waals surface area (Å²) in [5.41, 5.74) is 2.10. The van der Waals surface area contributed by atoms with Crippen molar-refractivity contribution in [3.63, 3.8) is 0 Å². The van der Waals surface area contributed by atoms with Gasteiger partial charge in [0.25, 0.3) is 0 Å². The molecular weight excluding hydrogens is 268 g/mol. The topological polar surface area (TPSA) is 34.1 Å². The zero-order valence-electron chi connectivity index (χ0n) is 12.0. The van der Waals surface area contributed by atoms with E-state index in [0.717, 1.165) is 37.7 Å². The summed E-state index contributed by atoms with van der Waals surface area (Å²) in [6.07, 6.45) is 5.94. The summed E-state index contributed by atoms with van der Waals surface area (Å²) in [7, 11) is -0.687. The van der Waals surface area contributed by atoms with Gasteiger partial charge >= 0.3 is 0 Å². The molecule has 0 amide bonds. The Kier molecular flexibility index (Phi) is 4.06. The predicted molar refractivity (Wildman–Crippen MR) is 82.4 cm³/mol. The molecule has 0 spiro atoms. The van der Waals surface area contributed by atoms with E-state index in [0.29, 0.717) is 0 Å². The molecule has 20 heavy (non-hydrogen) atoms. The van der Waals surface area contributed by atoms with Crippen LogP contribution in [-0.2, 0) is 17.2 Å². The zero-order chi connectivity index (χ0) is 14.1. The van der Waals surface area contributed by atoms with Crippen molar-refractivity contribution in [2.24, 2.45) is 5.92 Å². The molecular formula is C17H22O2S. The first-order valence-corrected chi connectivity index (χ1v) is 8.99. The van der Waals surface area contributed by atoms with Gasteiger partial charge in [0.15, 0.2) is 5.78 Å². The number of hydrogen-bond acceptors (Lipinski definition) is 2. The van der Waals surface area contributed by atoms with Gasteiger partial charge in [0.2, 0.25) is 0 Å². The lowest BCUT2D eigenvalue weighted by Gasteiger charge is -2.37. The highest BCUT2D eigenvalue weighted by atomic mass is 32.2. The Morgan fingerprint density at radius 1 is 1.15 bits per heavy atom. The van der Waals surface area contributed by atoms with E-state index < -0.39 is 10.8 Å². The molecule has 2 fully saturated rings. The molecule has 0 aliphatic carbocycles. The maximum atomic E-state index is 12.6. The minimum atomic E-state index is -0.687. The Bertz CT molecular complexity index is 504. The lowest BCUT2D eigenvalue weighted by Crippen LogP contribution is -2.41. The Labute approximate surface area is 123 Å². The quantitative estimate of drug-likeness (QED) is 0.798. The first kappa shape index (κ1) is 14.0. The molecule has 2 nitrogen and oxygen atoms in total. The van der Waals surface area contributed by atoms with Crippen molar-refractivity contribution >= 4 is 16.6 Å². The number of fused-ring (bicyclic) bond motifs is 2. The molecule has 2 bridgehead atoms. The van der Waals surface area contributed by atoms with E-state index in [4.69, 9.17) is 0 Å². The van der Waals surface area contributed by atoms with Crippen molar-refractivity contribution in [1.82, 2.24) is 0 Å². The molecule has 1 aromatic rings. The van der Waals surface area contributed by atoms with Gasteiger partial charge in [-0.05, 0) is 37.7 Å². The van der Waals surface area contributed by atoms with Gasteiger partial charge in [-0.3, -0.25) is 9.00 Å². The number of carbonyl (C=O) groups is 1. The number of rotatable bonds is 3. The molecule has 0 N–H and O–H groups in total. The van der Waals surface area contributed by atoms with Crippen LogP contribution >= 0.6 is 0 Å². The summed E-state index contributed by atoms with van der Waals surface area (Å²) in [6, 6.07) is 8.02. The van der Waals surface area contributed by atoms with Gasteiger partial charge in [0.05, 0.1) is 0 Å². The Hall–Kier alpha value is -0.960. The molecule has 2 heterocycles. The monoisotopic (exact) mass is 290 g/mol. The van der Waals surface area contributed by atoms with E-state index in [1.165, 1.54) is 12.0 Å². The molecule has 0 saturated carbocycles. The molecule has 0 radical (unpaired) electrons. The van der Waals surface area contributed by atoms with E-state index in [9.17, 15) is 9.00 Å². The van der Waals surface area contributed by atoms with Crippen LogP contribution in [0.5, 0.6) is 0 Å². The molecule has 3 rings (SSSR count). The summed E-state index contributed by atoms with van der Waals surface area (Å²) < 4.78 is 12.2. The average molecular weight is 290 g/mol. The standard InChI is InChI=1S/C17H22O2S/c1-2-12-6-8-13(9-7-12)17(18)14-10-15-4-3-5-16(11-14)20(15)19/h6-9,14-16H,2-5,10-11H2,1H3. The second-order valence-corrected chi connectivity index (χ2v) is 8.08. The zero-order valence-corrected chi connectivity index (χ0v) is 12.8. The third kappa shape index (κ3) is 2.60. The van der Waals surface area contributed by atoms with Gasteiger partial charge < -0.3 is 0 Å². The number of benzene rings is 1. The highest BCUT2D eigenvalue weighted by molar-refractivity contribution is 7.86. The van der Waals surface area contributed by atoms with Crippen LogP contribution in [0.1, 0.15) is 54.9 Å². The van der Waals surface area contributed by atoms with Crippen LogP contribution in [0.4, 0.5) is 0 Å². The first-order valence-electron chi connectivity index (χ1n) is 7.71. The van der Waals surface area contributed by atoms with Gasteiger partial charge in [0.1, 0.15) is 0 Å². The minimum Gasteiger partial charge on any atom is -0.294 e.